The Kier molecular flexibility index (Phi) is 9.77. The van der Waals surface area contributed by atoms with Gasteiger partial charge in [0.15, 0.2) is 0 Å². The summed E-state index contributed by atoms with van der Waals surface area (Å²) in [4.78, 5) is 12.3. The van der Waals surface area contributed by atoms with Crippen molar-refractivity contribution in [2.75, 3.05) is 42.7 Å². The first-order valence-electron chi connectivity index (χ1n) is 9.58. The van der Waals surface area contributed by atoms with E-state index in [4.69, 9.17) is 28.4 Å². The summed E-state index contributed by atoms with van der Waals surface area (Å²) in [6, 6.07) is 6.66. The second kappa shape index (κ2) is 12.5. The van der Waals surface area contributed by atoms with E-state index in [0.717, 1.165) is 0 Å². The van der Waals surface area contributed by atoms with Crippen LogP contribution in [0, 0.1) is 0 Å². The average molecular weight is 478 g/mol. The lowest BCUT2D eigenvalue weighted by molar-refractivity contribution is -0.114. The van der Waals surface area contributed by atoms with Crippen LogP contribution >= 0.6 is 0 Å². The number of nitrogens with one attached hydrogen (secondary N) is 1. The molecule has 0 aliphatic heterocycles. The minimum Gasteiger partial charge on any atom is -0.588 e. The lowest BCUT2D eigenvalue weighted by Crippen LogP contribution is -2.26. The molecule has 0 heterocycles. The predicted molar refractivity (Wildman–Crippen MR) is 127 cm³/mol. The smallest absolute Gasteiger partial charge is 0.285 e. The second-order valence-corrected chi connectivity index (χ2v) is 7.36. The predicted octanol–water partition coefficient (Wildman–Crippen LogP) is 3.20. The van der Waals surface area contributed by atoms with E-state index >= 15 is 0 Å². The third-order valence-corrected chi connectivity index (χ3v) is 5.25. The van der Waals surface area contributed by atoms with Gasteiger partial charge in [-0.1, -0.05) is 0 Å². The molecule has 33 heavy (non-hydrogen) atoms. The molecule has 0 radical (unpaired) electrons. The third-order valence-electron chi connectivity index (χ3n) is 4.47. The molecule has 0 aromatic heterocycles. The Hall–Kier alpha value is -3.50. The van der Waals surface area contributed by atoms with Crippen molar-refractivity contribution in [1.82, 2.24) is 4.72 Å². The summed E-state index contributed by atoms with van der Waals surface area (Å²) in [5.74, 6) is 2.34. The molecule has 10 heteroatoms. The lowest BCUT2D eigenvalue weighted by Gasteiger charge is -2.13. The van der Waals surface area contributed by atoms with Gasteiger partial charge in [-0.25, -0.2) is 0 Å². The Labute approximate surface area is 196 Å². The molecule has 1 atom stereocenters. The molecule has 2 aromatic rings. The van der Waals surface area contributed by atoms with Crippen molar-refractivity contribution in [3.63, 3.8) is 0 Å². The number of methoxy groups -OCH3 is 6. The van der Waals surface area contributed by atoms with Gasteiger partial charge in [0.1, 0.15) is 51.3 Å². The molecule has 1 amide bonds. The highest BCUT2D eigenvalue weighted by molar-refractivity contribution is 7.93. The maximum atomic E-state index is 12.4. The van der Waals surface area contributed by atoms with E-state index < -0.39 is 17.3 Å². The van der Waals surface area contributed by atoms with Crippen LogP contribution in [0.1, 0.15) is 11.1 Å². The van der Waals surface area contributed by atoms with Gasteiger partial charge in [-0.3, -0.25) is 4.79 Å². The van der Waals surface area contributed by atoms with Crippen LogP contribution < -0.4 is 33.1 Å². The third kappa shape index (κ3) is 6.74. The van der Waals surface area contributed by atoms with E-state index in [1.807, 2.05) is 0 Å². The highest BCUT2D eigenvalue weighted by atomic mass is 32.2. The summed E-state index contributed by atoms with van der Waals surface area (Å²) < 4.78 is 46.5. The van der Waals surface area contributed by atoms with Crippen LogP contribution in [0.5, 0.6) is 34.5 Å². The zero-order valence-corrected chi connectivity index (χ0v) is 20.1. The molecule has 0 bridgehead atoms. The summed E-state index contributed by atoms with van der Waals surface area (Å²) in [7, 11) is 9.03. The topological polar surface area (TPSA) is 108 Å². The van der Waals surface area contributed by atoms with E-state index in [1.165, 1.54) is 66.3 Å². The quantitative estimate of drug-likeness (QED) is 0.388. The fourth-order valence-electron chi connectivity index (χ4n) is 2.85. The molecule has 1 N–H and O–H groups in total. The molecule has 2 aromatic carbocycles. The summed E-state index contributed by atoms with van der Waals surface area (Å²) in [5, 5.41) is 1.31. The van der Waals surface area contributed by atoms with Crippen molar-refractivity contribution in [2.24, 2.45) is 0 Å². The SMILES string of the molecule is COc1cc(OC)c(C=CC(=O)N[S+]([O-])C=Cc2c(OC)cc(OC)cc2OC)c(OC)c1. The van der Waals surface area contributed by atoms with Gasteiger partial charge in [-0.2, -0.15) is 4.72 Å². The van der Waals surface area contributed by atoms with Crippen LogP contribution in [0.2, 0.25) is 0 Å². The maximum Gasteiger partial charge on any atom is 0.285 e. The maximum absolute atomic E-state index is 12.4. The molecule has 0 spiro atoms. The summed E-state index contributed by atoms with van der Waals surface area (Å²) >= 11 is -1.81. The number of ether oxygens (including phenoxy) is 6. The first kappa shape index (κ1) is 25.8. The average Bonchev–Trinajstić information content (AvgIpc) is 2.84. The van der Waals surface area contributed by atoms with Crippen LogP contribution in [0.25, 0.3) is 12.2 Å². The standard InChI is InChI=1S/C23H27NO8S/c1-27-15-11-19(29-3)17(20(12-15)30-4)7-8-23(25)24-33(26)10-9-18-21(31-5)13-16(28-2)14-22(18)32-6/h7-14H,1-6H3,(H,24,25). The van der Waals surface area contributed by atoms with Crippen molar-refractivity contribution < 1.29 is 37.8 Å². The molecule has 0 saturated carbocycles. The molecule has 9 nitrogen and oxygen atoms in total. The first-order valence-corrected chi connectivity index (χ1v) is 10.8. The number of benzene rings is 2. The Morgan fingerprint density at radius 3 is 1.48 bits per heavy atom. The number of hydrogen-bond donors (Lipinski definition) is 1. The van der Waals surface area contributed by atoms with E-state index in [0.29, 0.717) is 45.6 Å². The van der Waals surface area contributed by atoms with Crippen molar-refractivity contribution in [1.29, 1.82) is 0 Å². The second-order valence-electron chi connectivity index (χ2n) is 6.29. The molecule has 0 saturated heterocycles. The fourth-order valence-corrected chi connectivity index (χ4v) is 3.44. The normalized spacial score (nSPS) is 11.8. The Morgan fingerprint density at radius 1 is 0.727 bits per heavy atom. The zero-order valence-electron chi connectivity index (χ0n) is 19.3. The molecule has 0 fully saturated rings. The lowest BCUT2D eigenvalue weighted by atomic mass is 10.1. The van der Waals surface area contributed by atoms with Gasteiger partial charge in [0.05, 0.1) is 53.8 Å². The minimum absolute atomic E-state index is 0.454. The van der Waals surface area contributed by atoms with E-state index in [1.54, 1.807) is 24.3 Å². The zero-order chi connectivity index (χ0) is 24.4. The van der Waals surface area contributed by atoms with Gasteiger partial charge in [0, 0.05) is 36.4 Å². The highest BCUT2D eigenvalue weighted by Crippen LogP contribution is 2.36. The fraction of sp³-hybridized carbons (Fsp3) is 0.261. The Morgan fingerprint density at radius 2 is 1.12 bits per heavy atom. The van der Waals surface area contributed by atoms with Crippen LogP contribution in [0.4, 0.5) is 0 Å². The molecular formula is C23H27NO8S. The molecule has 1 unspecified atom stereocenters. The van der Waals surface area contributed by atoms with Crippen molar-refractivity contribution >= 4 is 29.4 Å². The van der Waals surface area contributed by atoms with Gasteiger partial charge >= 0.3 is 0 Å². The van der Waals surface area contributed by atoms with Gasteiger partial charge < -0.3 is 33.0 Å². The number of hydrogen-bond acceptors (Lipinski definition) is 8. The van der Waals surface area contributed by atoms with Crippen molar-refractivity contribution in [2.45, 2.75) is 0 Å². The number of rotatable bonds is 11. The van der Waals surface area contributed by atoms with Crippen molar-refractivity contribution in [3.05, 3.63) is 46.9 Å². The number of amides is 1. The van der Waals surface area contributed by atoms with Crippen LogP contribution in [-0.2, 0) is 16.2 Å². The van der Waals surface area contributed by atoms with Crippen LogP contribution in [-0.4, -0.2) is 53.1 Å². The molecule has 178 valence electrons. The van der Waals surface area contributed by atoms with Crippen molar-refractivity contribution in [3.8, 4) is 34.5 Å². The summed E-state index contributed by atoms with van der Waals surface area (Å²) in [6.45, 7) is 0. The number of carbonyl (C=O) groups excluding carboxylic acids is 1. The van der Waals surface area contributed by atoms with Crippen LogP contribution in [0.15, 0.2) is 35.7 Å². The summed E-state index contributed by atoms with van der Waals surface area (Å²) in [6.07, 6.45) is 4.27. The molecule has 2 rings (SSSR count). The molecule has 0 aliphatic carbocycles. The Bertz CT molecular complexity index is 972. The molecule has 0 aliphatic rings. The first-order chi connectivity index (χ1) is 15.9. The monoisotopic (exact) mass is 477 g/mol. The largest absolute Gasteiger partial charge is 0.588 e. The van der Waals surface area contributed by atoms with Gasteiger partial charge in [0.2, 0.25) is 0 Å². The van der Waals surface area contributed by atoms with Crippen LogP contribution in [0.3, 0.4) is 0 Å². The number of carbonyl (C=O) groups is 1. The van der Waals surface area contributed by atoms with E-state index in [2.05, 4.69) is 4.72 Å². The van der Waals surface area contributed by atoms with E-state index in [-0.39, 0.29) is 0 Å². The van der Waals surface area contributed by atoms with Gasteiger partial charge in [0.25, 0.3) is 5.91 Å². The van der Waals surface area contributed by atoms with Gasteiger partial charge in [-0.15, -0.1) is 0 Å². The molecular weight excluding hydrogens is 450 g/mol. The highest BCUT2D eigenvalue weighted by Gasteiger charge is 2.14. The van der Waals surface area contributed by atoms with E-state index in [9.17, 15) is 9.35 Å². The van der Waals surface area contributed by atoms with Gasteiger partial charge in [-0.05, 0) is 6.08 Å². The minimum atomic E-state index is -1.81. The summed E-state index contributed by atoms with van der Waals surface area (Å²) in [5.41, 5.74) is 1.08. The Balaban J connectivity index is 2.17.